The minimum atomic E-state index is -0.201. The summed E-state index contributed by atoms with van der Waals surface area (Å²) in [6.45, 7) is 5.69. The number of carbonyl (C=O) groups is 2. The molecule has 0 unspecified atom stereocenters. The number of rotatable bonds is 4. The van der Waals surface area contributed by atoms with E-state index in [2.05, 4.69) is 15.6 Å². The molecule has 1 aromatic heterocycles. The monoisotopic (exact) mass is 335 g/mol. The normalized spacial score (nSPS) is 10.9. The van der Waals surface area contributed by atoms with E-state index in [1.807, 2.05) is 45.0 Å². The lowest BCUT2D eigenvalue weighted by atomic mass is 10.2. The summed E-state index contributed by atoms with van der Waals surface area (Å²) in [5.41, 5.74) is 3.97. The van der Waals surface area contributed by atoms with Gasteiger partial charge in [-0.1, -0.05) is 26.0 Å². The number of amides is 2. The lowest BCUT2D eigenvalue weighted by Crippen LogP contribution is -2.17. The highest BCUT2D eigenvalue weighted by Gasteiger charge is 2.11. The summed E-state index contributed by atoms with van der Waals surface area (Å²) in [6.07, 6.45) is 0. The number of aromatic nitrogens is 1. The summed E-state index contributed by atoms with van der Waals surface area (Å²) in [7, 11) is 0. The van der Waals surface area contributed by atoms with E-state index < -0.39 is 0 Å². The predicted octanol–water partition coefficient (Wildman–Crippen LogP) is 4.32. The van der Waals surface area contributed by atoms with Gasteiger partial charge in [0.2, 0.25) is 5.91 Å². The van der Waals surface area contributed by atoms with Crippen LogP contribution in [0.4, 0.5) is 11.4 Å². The first-order valence-corrected chi connectivity index (χ1v) is 8.24. The van der Waals surface area contributed by atoms with Crippen LogP contribution in [0, 0.1) is 12.8 Å². The zero-order valence-corrected chi connectivity index (χ0v) is 14.5. The van der Waals surface area contributed by atoms with Gasteiger partial charge in [-0.25, -0.2) is 0 Å². The van der Waals surface area contributed by atoms with Crippen LogP contribution in [0.25, 0.3) is 10.9 Å². The van der Waals surface area contributed by atoms with Crippen LogP contribution in [-0.2, 0) is 4.79 Å². The zero-order valence-electron chi connectivity index (χ0n) is 14.5. The van der Waals surface area contributed by atoms with Crippen LogP contribution in [0.2, 0.25) is 0 Å². The Kier molecular flexibility index (Phi) is 4.57. The van der Waals surface area contributed by atoms with Gasteiger partial charge in [-0.05, 0) is 48.9 Å². The molecule has 2 amide bonds. The highest BCUT2D eigenvalue weighted by atomic mass is 16.2. The molecule has 2 aromatic carbocycles. The van der Waals surface area contributed by atoms with Crippen molar-refractivity contribution < 1.29 is 9.59 Å². The smallest absolute Gasteiger partial charge is 0.272 e. The maximum absolute atomic E-state index is 12.4. The standard InChI is InChI=1S/C20H21N3O2/c1-12(2)19(24)21-15-6-8-16(9-7-15)22-20(25)18-11-14-5-4-13(3)10-17(14)23-18/h4-12,23H,1-3H3,(H,21,24)(H,22,25). The molecule has 0 bridgehead atoms. The van der Waals surface area contributed by atoms with Crippen molar-refractivity contribution >= 4 is 34.1 Å². The first-order valence-electron chi connectivity index (χ1n) is 8.24. The van der Waals surface area contributed by atoms with Crippen molar-refractivity contribution in [2.45, 2.75) is 20.8 Å². The molecule has 0 atom stereocenters. The Balaban J connectivity index is 1.70. The summed E-state index contributed by atoms with van der Waals surface area (Å²) in [5.74, 6) is -0.317. The third kappa shape index (κ3) is 3.88. The van der Waals surface area contributed by atoms with Crippen molar-refractivity contribution in [1.29, 1.82) is 0 Å². The summed E-state index contributed by atoms with van der Waals surface area (Å²) in [4.78, 5) is 27.2. The van der Waals surface area contributed by atoms with Gasteiger partial charge in [0.05, 0.1) is 0 Å². The number of aromatic amines is 1. The molecule has 3 aromatic rings. The van der Waals surface area contributed by atoms with Gasteiger partial charge >= 0.3 is 0 Å². The van der Waals surface area contributed by atoms with Crippen LogP contribution >= 0.6 is 0 Å². The topological polar surface area (TPSA) is 74.0 Å². The largest absolute Gasteiger partial charge is 0.351 e. The average molecular weight is 335 g/mol. The van der Waals surface area contributed by atoms with Gasteiger partial charge in [-0.3, -0.25) is 9.59 Å². The van der Waals surface area contributed by atoms with E-state index >= 15 is 0 Å². The summed E-state index contributed by atoms with van der Waals surface area (Å²) < 4.78 is 0. The molecule has 128 valence electrons. The van der Waals surface area contributed by atoms with Crippen LogP contribution in [0.5, 0.6) is 0 Å². The number of nitrogens with one attached hydrogen (secondary N) is 3. The van der Waals surface area contributed by atoms with Gasteiger partial charge in [-0.15, -0.1) is 0 Å². The van der Waals surface area contributed by atoms with E-state index in [0.717, 1.165) is 16.5 Å². The molecule has 0 aliphatic carbocycles. The van der Waals surface area contributed by atoms with Crippen LogP contribution < -0.4 is 10.6 Å². The van der Waals surface area contributed by atoms with Crippen LogP contribution in [0.3, 0.4) is 0 Å². The summed E-state index contributed by atoms with van der Waals surface area (Å²) in [6, 6.07) is 14.9. The fraction of sp³-hybridized carbons (Fsp3) is 0.200. The number of hydrogen-bond donors (Lipinski definition) is 3. The number of carbonyl (C=O) groups excluding carboxylic acids is 2. The zero-order chi connectivity index (χ0) is 18.0. The quantitative estimate of drug-likeness (QED) is 0.664. The second-order valence-electron chi connectivity index (χ2n) is 6.45. The SMILES string of the molecule is Cc1ccc2cc(C(=O)Nc3ccc(NC(=O)C(C)C)cc3)[nH]c2c1. The van der Waals surface area contributed by atoms with Crippen molar-refractivity contribution in [2.75, 3.05) is 10.6 Å². The maximum atomic E-state index is 12.4. The van der Waals surface area contributed by atoms with E-state index in [9.17, 15) is 9.59 Å². The van der Waals surface area contributed by atoms with Crippen molar-refractivity contribution in [1.82, 2.24) is 4.98 Å². The first-order chi connectivity index (χ1) is 11.9. The number of aryl methyl sites for hydroxylation is 1. The summed E-state index contributed by atoms with van der Waals surface area (Å²) in [5, 5.41) is 6.68. The second-order valence-corrected chi connectivity index (χ2v) is 6.45. The van der Waals surface area contributed by atoms with Gasteiger partial charge in [0.15, 0.2) is 0 Å². The molecule has 0 saturated carbocycles. The molecule has 0 aliphatic heterocycles. The van der Waals surface area contributed by atoms with E-state index in [4.69, 9.17) is 0 Å². The molecule has 0 radical (unpaired) electrons. The number of anilines is 2. The molecule has 5 nitrogen and oxygen atoms in total. The molecule has 0 saturated heterocycles. The molecule has 0 spiro atoms. The number of benzene rings is 2. The number of fused-ring (bicyclic) bond motifs is 1. The van der Waals surface area contributed by atoms with Crippen molar-refractivity contribution in [3.63, 3.8) is 0 Å². The predicted molar refractivity (Wildman–Crippen MR) is 101 cm³/mol. The molecule has 25 heavy (non-hydrogen) atoms. The Morgan fingerprint density at radius 2 is 1.56 bits per heavy atom. The Hall–Kier alpha value is -3.08. The van der Waals surface area contributed by atoms with E-state index in [1.165, 1.54) is 0 Å². The molecular weight excluding hydrogens is 314 g/mol. The fourth-order valence-electron chi connectivity index (χ4n) is 2.49. The third-order valence-electron chi connectivity index (χ3n) is 3.96. The van der Waals surface area contributed by atoms with Crippen LogP contribution in [0.1, 0.15) is 29.9 Å². The Morgan fingerprint density at radius 1 is 0.920 bits per heavy atom. The molecule has 0 aliphatic rings. The molecule has 0 fully saturated rings. The highest BCUT2D eigenvalue weighted by Crippen LogP contribution is 2.19. The maximum Gasteiger partial charge on any atom is 0.272 e. The summed E-state index contributed by atoms with van der Waals surface area (Å²) >= 11 is 0. The molecule has 3 rings (SSSR count). The average Bonchev–Trinajstić information content (AvgIpc) is 2.99. The minimum Gasteiger partial charge on any atom is -0.351 e. The lowest BCUT2D eigenvalue weighted by Gasteiger charge is -2.09. The van der Waals surface area contributed by atoms with Crippen LogP contribution in [0.15, 0.2) is 48.5 Å². The molecular formula is C20H21N3O2. The number of H-pyrrole nitrogens is 1. The first kappa shape index (κ1) is 16.8. The highest BCUT2D eigenvalue weighted by molar-refractivity contribution is 6.06. The van der Waals surface area contributed by atoms with Crippen LogP contribution in [-0.4, -0.2) is 16.8 Å². The van der Waals surface area contributed by atoms with Gasteiger partial charge in [0, 0.05) is 28.2 Å². The Bertz CT molecular complexity index is 924. The van der Waals surface area contributed by atoms with Crippen molar-refractivity contribution in [3.8, 4) is 0 Å². The fourth-order valence-corrected chi connectivity index (χ4v) is 2.49. The third-order valence-corrected chi connectivity index (χ3v) is 3.96. The molecule has 5 heteroatoms. The molecule has 3 N–H and O–H groups in total. The van der Waals surface area contributed by atoms with Gasteiger partial charge in [0.25, 0.3) is 5.91 Å². The Labute approximate surface area is 146 Å². The number of hydrogen-bond acceptors (Lipinski definition) is 2. The Morgan fingerprint density at radius 3 is 2.20 bits per heavy atom. The van der Waals surface area contributed by atoms with Crippen molar-refractivity contribution in [2.24, 2.45) is 5.92 Å². The van der Waals surface area contributed by atoms with E-state index in [1.54, 1.807) is 24.3 Å². The van der Waals surface area contributed by atoms with Crippen molar-refractivity contribution in [3.05, 3.63) is 59.8 Å². The minimum absolute atomic E-state index is 0.0369. The van der Waals surface area contributed by atoms with E-state index in [0.29, 0.717) is 17.1 Å². The van der Waals surface area contributed by atoms with E-state index in [-0.39, 0.29) is 17.7 Å². The molecule has 1 heterocycles. The van der Waals surface area contributed by atoms with Gasteiger partial charge < -0.3 is 15.6 Å². The second kappa shape index (κ2) is 6.81. The van der Waals surface area contributed by atoms with Gasteiger partial charge in [-0.2, -0.15) is 0 Å². The van der Waals surface area contributed by atoms with Gasteiger partial charge in [0.1, 0.15) is 5.69 Å². The lowest BCUT2D eigenvalue weighted by molar-refractivity contribution is -0.118.